The molecule has 2 aliphatic rings. The molecule has 0 N–H and O–H groups in total. The summed E-state index contributed by atoms with van der Waals surface area (Å²) in [4.78, 5) is 0. The topological polar surface area (TPSA) is 36.9 Å². The first-order chi connectivity index (χ1) is 12.1. The maximum atomic E-state index is 6.49. The highest BCUT2D eigenvalue weighted by Gasteiger charge is 2.68. The van der Waals surface area contributed by atoms with E-state index in [-0.39, 0.29) is 0 Å². The first-order valence-electron chi connectivity index (χ1n) is 9.91. The van der Waals surface area contributed by atoms with Crippen LogP contribution in [0.15, 0.2) is 24.3 Å². The van der Waals surface area contributed by atoms with Gasteiger partial charge in [0.1, 0.15) is 0 Å². The van der Waals surface area contributed by atoms with Gasteiger partial charge in [0.15, 0.2) is 0 Å². The van der Waals surface area contributed by atoms with Crippen LogP contribution >= 0.6 is 0 Å². The molecule has 0 atom stereocenters. The summed E-state index contributed by atoms with van der Waals surface area (Å²) in [7, 11) is -0.974. The molecule has 4 nitrogen and oxygen atoms in total. The highest BCUT2D eigenvalue weighted by Crippen LogP contribution is 2.49. The van der Waals surface area contributed by atoms with Gasteiger partial charge in [0.25, 0.3) is 0 Å². The van der Waals surface area contributed by atoms with Gasteiger partial charge in [-0.25, -0.2) is 0 Å². The minimum Gasteiger partial charge on any atom is -0.403 e. The Labute approximate surface area is 165 Å². The lowest BCUT2D eigenvalue weighted by Gasteiger charge is -2.34. The van der Waals surface area contributed by atoms with E-state index < -0.39 is 41.9 Å². The molecule has 2 fully saturated rings. The van der Waals surface area contributed by atoms with Gasteiger partial charge >= 0.3 is 14.2 Å². The van der Waals surface area contributed by atoms with Crippen molar-refractivity contribution in [3.8, 4) is 0 Å². The van der Waals surface area contributed by atoms with Crippen LogP contribution in [0.2, 0.25) is 0 Å². The van der Waals surface area contributed by atoms with Crippen molar-refractivity contribution < 1.29 is 18.6 Å². The first kappa shape index (κ1) is 20.9. The Balaban J connectivity index is 2.09. The molecule has 0 amide bonds. The number of hydrogen-bond acceptors (Lipinski definition) is 4. The van der Waals surface area contributed by atoms with Crippen LogP contribution < -0.4 is 0 Å². The molecule has 0 aliphatic carbocycles. The predicted octanol–water partition coefficient (Wildman–Crippen LogP) is 4.52. The number of aryl methyl sites for hydroxylation is 1. The molecule has 148 valence electrons. The Kier molecular flexibility index (Phi) is 4.72. The number of rotatable bonds is 3. The Bertz CT molecular complexity index is 659. The number of benzene rings is 1. The second kappa shape index (κ2) is 6.09. The third-order valence-corrected chi connectivity index (χ3v) is 7.13. The zero-order valence-electron chi connectivity index (χ0n) is 18.6. The van der Waals surface area contributed by atoms with E-state index >= 15 is 0 Å². The summed E-state index contributed by atoms with van der Waals surface area (Å²) in [5.41, 5.74) is 0.587. The molecule has 1 aromatic carbocycles. The van der Waals surface area contributed by atoms with Crippen molar-refractivity contribution in [2.75, 3.05) is 0 Å². The highest BCUT2D eigenvalue weighted by atomic mass is 16.7. The molecule has 2 saturated heterocycles. The maximum absolute atomic E-state index is 6.49. The third kappa shape index (κ3) is 3.19. The minimum absolute atomic E-state index is 0.424. The van der Waals surface area contributed by atoms with Gasteiger partial charge in [-0.3, -0.25) is 0 Å². The molecule has 3 rings (SSSR count). The van der Waals surface area contributed by atoms with Gasteiger partial charge in [-0.1, -0.05) is 36.8 Å². The third-order valence-electron chi connectivity index (χ3n) is 7.13. The van der Waals surface area contributed by atoms with Gasteiger partial charge in [0, 0.05) is 0 Å². The lowest BCUT2D eigenvalue weighted by Crippen LogP contribution is -2.56. The zero-order valence-corrected chi connectivity index (χ0v) is 18.6. The van der Waals surface area contributed by atoms with E-state index in [2.05, 4.69) is 93.5 Å². The predicted molar refractivity (Wildman–Crippen MR) is 111 cm³/mol. The summed E-state index contributed by atoms with van der Waals surface area (Å²) < 4.78 is 26.0. The SMILES string of the molecule is Cc1cccc(C(C)(B2OC(C)(C)C(C)(C)O2)B2OC(C)(C)C(C)(C)O2)c1. The van der Waals surface area contributed by atoms with Crippen LogP contribution in [-0.2, 0) is 23.8 Å². The van der Waals surface area contributed by atoms with Crippen molar-refractivity contribution in [2.45, 2.75) is 96.9 Å². The molecule has 27 heavy (non-hydrogen) atoms. The molecular weight excluding hydrogens is 338 g/mol. The van der Waals surface area contributed by atoms with Crippen LogP contribution in [0.25, 0.3) is 0 Å². The molecule has 0 saturated carbocycles. The molecule has 0 unspecified atom stereocenters. The van der Waals surface area contributed by atoms with E-state index in [1.165, 1.54) is 5.56 Å². The van der Waals surface area contributed by atoms with Gasteiger partial charge in [-0.15, -0.1) is 0 Å². The van der Waals surface area contributed by atoms with Crippen LogP contribution in [0, 0.1) is 6.92 Å². The smallest absolute Gasteiger partial charge is 0.403 e. The van der Waals surface area contributed by atoms with Crippen LogP contribution in [0.4, 0.5) is 0 Å². The molecule has 1 aromatic rings. The fourth-order valence-corrected chi connectivity index (χ4v) is 3.54. The van der Waals surface area contributed by atoms with Gasteiger partial charge in [-0.2, -0.15) is 0 Å². The Morgan fingerprint density at radius 2 is 1.07 bits per heavy atom. The Morgan fingerprint density at radius 3 is 1.41 bits per heavy atom. The maximum Gasteiger partial charge on any atom is 0.466 e. The molecular formula is C21H34B2O4. The highest BCUT2D eigenvalue weighted by molar-refractivity contribution is 6.71. The Morgan fingerprint density at radius 1 is 0.704 bits per heavy atom. The summed E-state index contributed by atoms with van der Waals surface area (Å²) in [6.45, 7) is 20.8. The normalized spacial score (nSPS) is 25.9. The average molecular weight is 372 g/mol. The molecule has 0 spiro atoms. The molecule has 6 heteroatoms. The fourth-order valence-electron chi connectivity index (χ4n) is 3.54. The fraction of sp³-hybridized carbons (Fsp3) is 0.714. The van der Waals surface area contributed by atoms with Gasteiger partial charge in [0.05, 0.1) is 27.6 Å². The van der Waals surface area contributed by atoms with E-state index in [1.54, 1.807) is 0 Å². The molecule has 2 aliphatic heterocycles. The van der Waals surface area contributed by atoms with E-state index in [1.807, 2.05) is 0 Å². The van der Waals surface area contributed by atoms with Crippen molar-refractivity contribution >= 4 is 14.2 Å². The van der Waals surface area contributed by atoms with Crippen molar-refractivity contribution in [1.82, 2.24) is 0 Å². The van der Waals surface area contributed by atoms with Crippen LogP contribution in [0.3, 0.4) is 0 Å². The van der Waals surface area contributed by atoms with Gasteiger partial charge in [0.2, 0.25) is 0 Å². The van der Waals surface area contributed by atoms with E-state index in [9.17, 15) is 0 Å². The molecule has 0 bridgehead atoms. The van der Waals surface area contributed by atoms with Crippen molar-refractivity contribution in [3.05, 3.63) is 35.4 Å². The summed E-state index contributed by atoms with van der Waals surface area (Å²) in [5, 5.41) is -0.623. The largest absolute Gasteiger partial charge is 0.466 e. The first-order valence-corrected chi connectivity index (χ1v) is 9.91. The van der Waals surface area contributed by atoms with E-state index in [4.69, 9.17) is 18.6 Å². The summed E-state index contributed by atoms with van der Waals surface area (Å²) in [5.74, 6) is 0. The standard InChI is InChI=1S/C21H34B2O4/c1-15-12-11-13-16(14-15)21(10,22-24-17(2,3)18(4,5)25-22)23-26-19(6,7)20(8,9)27-23/h11-14H,1-10H3. The minimum atomic E-state index is -0.623. The second-order valence-electron chi connectivity index (χ2n) is 10.3. The average Bonchev–Trinajstić information content (AvgIpc) is 2.86. The van der Waals surface area contributed by atoms with Crippen LogP contribution in [0.5, 0.6) is 0 Å². The monoisotopic (exact) mass is 372 g/mol. The van der Waals surface area contributed by atoms with Gasteiger partial charge in [-0.05, 0) is 67.9 Å². The number of hydrogen-bond donors (Lipinski definition) is 0. The summed E-state index contributed by atoms with van der Waals surface area (Å²) >= 11 is 0. The molecule has 0 radical (unpaired) electrons. The lowest BCUT2D eigenvalue weighted by molar-refractivity contribution is 0.00578. The molecule has 0 aromatic heterocycles. The molecule has 2 heterocycles. The zero-order chi connectivity index (χ0) is 20.5. The van der Waals surface area contributed by atoms with Crippen LogP contribution in [0.1, 0.15) is 73.4 Å². The van der Waals surface area contributed by atoms with E-state index in [0.717, 1.165) is 5.56 Å². The van der Waals surface area contributed by atoms with E-state index in [0.29, 0.717) is 0 Å². The van der Waals surface area contributed by atoms with Crippen molar-refractivity contribution in [2.24, 2.45) is 0 Å². The second-order valence-corrected chi connectivity index (χ2v) is 10.3. The quantitative estimate of drug-likeness (QED) is 0.732. The van der Waals surface area contributed by atoms with Crippen molar-refractivity contribution in [3.63, 3.8) is 0 Å². The summed E-state index contributed by atoms with van der Waals surface area (Å²) in [6, 6.07) is 8.46. The van der Waals surface area contributed by atoms with Crippen molar-refractivity contribution in [1.29, 1.82) is 0 Å². The van der Waals surface area contributed by atoms with Crippen LogP contribution in [-0.4, -0.2) is 36.6 Å². The lowest BCUT2D eigenvalue weighted by atomic mass is 9.37. The Hall–Kier alpha value is -0.810. The summed E-state index contributed by atoms with van der Waals surface area (Å²) in [6.07, 6.45) is 0. The van der Waals surface area contributed by atoms with Gasteiger partial charge < -0.3 is 18.6 Å².